The summed E-state index contributed by atoms with van der Waals surface area (Å²) in [7, 11) is 1.64. The van der Waals surface area contributed by atoms with Gasteiger partial charge in [-0.3, -0.25) is 9.59 Å². The van der Waals surface area contributed by atoms with E-state index in [9.17, 15) is 9.59 Å². The van der Waals surface area contributed by atoms with Gasteiger partial charge in [-0.2, -0.15) is 0 Å². The molecule has 3 rings (SSSR count). The van der Waals surface area contributed by atoms with E-state index in [1.54, 1.807) is 7.11 Å². The van der Waals surface area contributed by atoms with Crippen LogP contribution in [-0.4, -0.2) is 36.9 Å². The molecule has 0 radical (unpaired) electrons. The number of hydrogen-bond donors (Lipinski definition) is 1. The van der Waals surface area contributed by atoms with Crippen LogP contribution in [0.2, 0.25) is 0 Å². The SMILES string of the molecule is COc1cccc(CNC(=O)CC[C@@H]2CCCN(C(=O)C3CC=CC3)C2)c1. The van der Waals surface area contributed by atoms with E-state index in [0.717, 1.165) is 56.5 Å². The molecule has 1 atom stereocenters. The highest BCUT2D eigenvalue weighted by atomic mass is 16.5. The molecule has 0 bridgehead atoms. The fourth-order valence-electron chi connectivity index (χ4n) is 3.98. The van der Waals surface area contributed by atoms with Gasteiger partial charge in [-0.1, -0.05) is 24.3 Å². The normalized spacial score (nSPS) is 19.9. The van der Waals surface area contributed by atoms with Gasteiger partial charge in [-0.05, 0) is 55.7 Å². The molecule has 5 heteroatoms. The first-order valence-electron chi connectivity index (χ1n) is 9.99. The Kier molecular flexibility index (Phi) is 6.91. The van der Waals surface area contributed by atoms with Crippen LogP contribution in [-0.2, 0) is 16.1 Å². The van der Waals surface area contributed by atoms with Crippen molar-refractivity contribution in [3.63, 3.8) is 0 Å². The number of piperidine rings is 1. The zero-order valence-corrected chi connectivity index (χ0v) is 16.2. The van der Waals surface area contributed by atoms with Crippen molar-refractivity contribution in [2.75, 3.05) is 20.2 Å². The molecule has 1 fully saturated rings. The summed E-state index contributed by atoms with van der Waals surface area (Å²) in [6, 6.07) is 7.73. The first kappa shape index (κ1) is 19.5. The van der Waals surface area contributed by atoms with E-state index in [1.165, 1.54) is 0 Å². The van der Waals surface area contributed by atoms with Crippen molar-refractivity contribution in [3.05, 3.63) is 42.0 Å². The van der Waals surface area contributed by atoms with Crippen molar-refractivity contribution < 1.29 is 14.3 Å². The highest BCUT2D eigenvalue weighted by molar-refractivity contribution is 5.80. The summed E-state index contributed by atoms with van der Waals surface area (Å²) < 4.78 is 5.21. The van der Waals surface area contributed by atoms with E-state index >= 15 is 0 Å². The molecule has 1 N–H and O–H groups in total. The van der Waals surface area contributed by atoms with E-state index < -0.39 is 0 Å². The number of carbonyl (C=O) groups is 2. The Morgan fingerprint density at radius 1 is 1.26 bits per heavy atom. The molecule has 1 aliphatic carbocycles. The molecule has 1 aromatic carbocycles. The molecule has 0 unspecified atom stereocenters. The lowest BCUT2D eigenvalue weighted by atomic mass is 9.92. The summed E-state index contributed by atoms with van der Waals surface area (Å²) in [4.78, 5) is 26.8. The van der Waals surface area contributed by atoms with E-state index in [-0.39, 0.29) is 11.8 Å². The van der Waals surface area contributed by atoms with Gasteiger partial charge in [-0.25, -0.2) is 0 Å². The van der Waals surface area contributed by atoms with Crippen molar-refractivity contribution in [1.82, 2.24) is 10.2 Å². The van der Waals surface area contributed by atoms with Crippen LogP contribution in [0.3, 0.4) is 0 Å². The average molecular weight is 370 g/mol. The van der Waals surface area contributed by atoms with Gasteiger partial charge in [0.2, 0.25) is 11.8 Å². The Labute approximate surface area is 161 Å². The van der Waals surface area contributed by atoms with Gasteiger partial charge in [0.1, 0.15) is 5.75 Å². The van der Waals surface area contributed by atoms with Gasteiger partial charge in [0.15, 0.2) is 0 Å². The number of carbonyl (C=O) groups excluding carboxylic acids is 2. The fraction of sp³-hybridized carbons (Fsp3) is 0.545. The van der Waals surface area contributed by atoms with Crippen LogP contribution in [0.1, 0.15) is 44.1 Å². The van der Waals surface area contributed by atoms with Crippen LogP contribution in [0.5, 0.6) is 5.75 Å². The molecule has 0 spiro atoms. The predicted octanol–water partition coefficient (Wildman–Crippen LogP) is 3.30. The van der Waals surface area contributed by atoms with Gasteiger partial charge in [-0.15, -0.1) is 0 Å². The second kappa shape index (κ2) is 9.58. The minimum absolute atomic E-state index is 0.0706. The number of methoxy groups -OCH3 is 1. The van der Waals surface area contributed by atoms with Crippen molar-refractivity contribution in [1.29, 1.82) is 0 Å². The molecule has 0 saturated carbocycles. The topological polar surface area (TPSA) is 58.6 Å². The van der Waals surface area contributed by atoms with Gasteiger partial charge in [0, 0.05) is 32.0 Å². The maximum absolute atomic E-state index is 12.6. The number of amides is 2. The molecular formula is C22H30N2O3. The number of nitrogens with one attached hydrogen (secondary N) is 1. The maximum atomic E-state index is 12.6. The third kappa shape index (κ3) is 5.59. The zero-order valence-electron chi connectivity index (χ0n) is 16.2. The van der Waals surface area contributed by atoms with Crippen LogP contribution in [0.4, 0.5) is 0 Å². The number of likely N-dealkylation sites (tertiary alicyclic amines) is 1. The minimum Gasteiger partial charge on any atom is -0.497 e. The highest BCUT2D eigenvalue weighted by Gasteiger charge is 2.29. The monoisotopic (exact) mass is 370 g/mol. The van der Waals surface area contributed by atoms with Crippen LogP contribution in [0.15, 0.2) is 36.4 Å². The third-order valence-corrected chi connectivity index (χ3v) is 5.59. The van der Waals surface area contributed by atoms with E-state index in [0.29, 0.717) is 24.8 Å². The molecule has 2 amide bonds. The smallest absolute Gasteiger partial charge is 0.226 e. The van der Waals surface area contributed by atoms with Crippen LogP contribution in [0, 0.1) is 11.8 Å². The minimum atomic E-state index is 0.0706. The Bertz CT molecular complexity index is 678. The summed E-state index contributed by atoms with van der Waals surface area (Å²) in [5.41, 5.74) is 1.03. The molecule has 27 heavy (non-hydrogen) atoms. The molecule has 2 aliphatic rings. The molecule has 1 aromatic rings. The lowest BCUT2D eigenvalue weighted by Gasteiger charge is -2.34. The number of rotatable bonds is 7. The van der Waals surface area contributed by atoms with Crippen molar-refractivity contribution in [3.8, 4) is 5.75 Å². The zero-order chi connectivity index (χ0) is 19.1. The van der Waals surface area contributed by atoms with Gasteiger partial charge >= 0.3 is 0 Å². The van der Waals surface area contributed by atoms with Crippen molar-refractivity contribution in [2.45, 2.75) is 45.1 Å². The van der Waals surface area contributed by atoms with Crippen LogP contribution >= 0.6 is 0 Å². The molecule has 146 valence electrons. The van der Waals surface area contributed by atoms with E-state index in [4.69, 9.17) is 4.74 Å². The Hall–Kier alpha value is -2.30. The number of nitrogens with zero attached hydrogens (tertiary/aromatic N) is 1. The Balaban J connectivity index is 1.39. The van der Waals surface area contributed by atoms with Crippen LogP contribution in [0.25, 0.3) is 0 Å². The lowest BCUT2D eigenvalue weighted by Crippen LogP contribution is -2.42. The molecule has 0 aromatic heterocycles. The number of allylic oxidation sites excluding steroid dienone is 2. The Morgan fingerprint density at radius 2 is 2.07 bits per heavy atom. The van der Waals surface area contributed by atoms with E-state index in [1.807, 2.05) is 29.2 Å². The quantitative estimate of drug-likeness (QED) is 0.749. The second-order valence-corrected chi connectivity index (χ2v) is 7.60. The fourth-order valence-corrected chi connectivity index (χ4v) is 3.98. The predicted molar refractivity (Wildman–Crippen MR) is 105 cm³/mol. The standard InChI is InChI=1S/C22H30N2O3/c1-27-20-10-4-6-18(14-20)15-23-21(25)12-11-17-7-5-13-24(16-17)22(26)19-8-2-3-9-19/h2-4,6,10,14,17,19H,5,7-9,11-13,15-16H2,1H3,(H,23,25)/t17-/m0/s1. The Morgan fingerprint density at radius 3 is 2.85 bits per heavy atom. The van der Waals surface area contributed by atoms with Crippen molar-refractivity contribution >= 4 is 11.8 Å². The molecule has 1 saturated heterocycles. The summed E-state index contributed by atoms with van der Waals surface area (Å²) >= 11 is 0. The maximum Gasteiger partial charge on any atom is 0.226 e. The van der Waals surface area contributed by atoms with E-state index in [2.05, 4.69) is 17.5 Å². The largest absolute Gasteiger partial charge is 0.497 e. The second-order valence-electron chi connectivity index (χ2n) is 7.60. The number of hydrogen-bond acceptors (Lipinski definition) is 3. The van der Waals surface area contributed by atoms with Gasteiger partial charge < -0.3 is 15.0 Å². The van der Waals surface area contributed by atoms with Crippen LogP contribution < -0.4 is 10.1 Å². The molecule has 1 aliphatic heterocycles. The summed E-state index contributed by atoms with van der Waals surface area (Å²) in [6.07, 6.45) is 9.49. The molecule has 1 heterocycles. The molecule has 5 nitrogen and oxygen atoms in total. The summed E-state index contributed by atoms with van der Waals surface area (Å²) in [5.74, 6) is 1.74. The van der Waals surface area contributed by atoms with Gasteiger partial charge in [0.25, 0.3) is 0 Å². The molecular weight excluding hydrogens is 340 g/mol. The summed E-state index contributed by atoms with van der Waals surface area (Å²) in [6.45, 7) is 2.19. The third-order valence-electron chi connectivity index (χ3n) is 5.59. The van der Waals surface area contributed by atoms with Gasteiger partial charge in [0.05, 0.1) is 7.11 Å². The first-order chi connectivity index (χ1) is 13.2. The first-order valence-corrected chi connectivity index (χ1v) is 9.99. The number of benzene rings is 1. The number of ether oxygens (including phenoxy) is 1. The summed E-state index contributed by atoms with van der Waals surface area (Å²) in [5, 5.41) is 2.99. The highest BCUT2D eigenvalue weighted by Crippen LogP contribution is 2.26. The average Bonchev–Trinajstić information content (AvgIpc) is 3.25. The lowest BCUT2D eigenvalue weighted by molar-refractivity contribution is -0.137. The van der Waals surface area contributed by atoms with Crippen molar-refractivity contribution in [2.24, 2.45) is 11.8 Å².